The van der Waals surface area contributed by atoms with E-state index in [1.165, 1.54) is 12.1 Å². The number of alkyl halides is 2. The van der Waals surface area contributed by atoms with Gasteiger partial charge in [0.05, 0.1) is 6.61 Å². The van der Waals surface area contributed by atoms with Crippen LogP contribution in [0.4, 0.5) is 8.78 Å². The van der Waals surface area contributed by atoms with Crippen molar-refractivity contribution in [2.45, 2.75) is 13.2 Å². The SMILES string of the molecule is NCCOCC(=O)NCc1ccc(OC(F)F)cc1. The van der Waals surface area contributed by atoms with E-state index in [2.05, 4.69) is 10.1 Å². The molecule has 5 nitrogen and oxygen atoms in total. The molecule has 106 valence electrons. The van der Waals surface area contributed by atoms with Gasteiger partial charge in [-0.2, -0.15) is 8.78 Å². The predicted molar refractivity (Wildman–Crippen MR) is 64.8 cm³/mol. The fraction of sp³-hybridized carbons (Fsp3) is 0.417. The van der Waals surface area contributed by atoms with Crippen molar-refractivity contribution in [2.24, 2.45) is 5.73 Å². The summed E-state index contributed by atoms with van der Waals surface area (Å²) in [5, 5.41) is 2.62. The van der Waals surface area contributed by atoms with Gasteiger partial charge in [0.15, 0.2) is 0 Å². The molecule has 0 saturated carbocycles. The Morgan fingerprint density at radius 2 is 2.00 bits per heavy atom. The van der Waals surface area contributed by atoms with E-state index in [0.717, 1.165) is 5.56 Å². The number of carbonyl (C=O) groups is 1. The first-order chi connectivity index (χ1) is 9.11. The largest absolute Gasteiger partial charge is 0.435 e. The Morgan fingerprint density at radius 1 is 1.32 bits per heavy atom. The molecule has 1 amide bonds. The lowest BCUT2D eigenvalue weighted by Gasteiger charge is -2.07. The van der Waals surface area contributed by atoms with Crippen molar-refractivity contribution in [2.75, 3.05) is 19.8 Å². The Morgan fingerprint density at radius 3 is 2.58 bits per heavy atom. The van der Waals surface area contributed by atoms with Gasteiger partial charge in [0.2, 0.25) is 5.91 Å². The Hall–Kier alpha value is -1.73. The summed E-state index contributed by atoms with van der Waals surface area (Å²) in [6, 6.07) is 6.02. The standard InChI is InChI=1S/C12H16F2N2O3/c13-12(14)19-10-3-1-9(2-4-10)7-16-11(17)8-18-6-5-15/h1-4,12H,5-8,15H2,(H,16,17). The second-order valence-electron chi connectivity index (χ2n) is 3.64. The van der Waals surface area contributed by atoms with E-state index >= 15 is 0 Å². The highest BCUT2D eigenvalue weighted by Crippen LogP contribution is 2.14. The van der Waals surface area contributed by atoms with Gasteiger partial charge in [0.1, 0.15) is 12.4 Å². The number of carbonyl (C=O) groups excluding carboxylic acids is 1. The van der Waals surface area contributed by atoms with E-state index in [0.29, 0.717) is 19.7 Å². The first-order valence-corrected chi connectivity index (χ1v) is 5.70. The van der Waals surface area contributed by atoms with Crippen LogP contribution in [0.25, 0.3) is 0 Å². The zero-order valence-electron chi connectivity index (χ0n) is 10.3. The van der Waals surface area contributed by atoms with Gasteiger partial charge in [-0.1, -0.05) is 12.1 Å². The average molecular weight is 274 g/mol. The predicted octanol–water partition coefficient (Wildman–Crippen LogP) is 0.879. The van der Waals surface area contributed by atoms with Crippen LogP contribution in [0.3, 0.4) is 0 Å². The number of benzene rings is 1. The fourth-order valence-electron chi connectivity index (χ4n) is 1.29. The third kappa shape index (κ3) is 6.68. The highest BCUT2D eigenvalue weighted by molar-refractivity contribution is 5.77. The Bertz CT molecular complexity index is 385. The summed E-state index contributed by atoms with van der Waals surface area (Å²) in [5.41, 5.74) is 5.98. The van der Waals surface area contributed by atoms with E-state index in [9.17, 15) is 13.6 Å². The number of halogens is 2. The molecule has 0 unspecified atom stereocenters. The van der Waals surface area contributed by atoms with Gasteiger partial charge < -0.3 is 20.5 Å². The van der Waals surface area contributed by atoms with Crippen LogP contribution in [-0.2, 0) is 16.1 Å². The molecular formula is C12H16F2N2O3. The van der Waals surface area contributed by atoms with Gasteiger partial charge in [-0.15, -0.1) is 0 Å². The van der Waals surface area contributed by atoms with Crippen LogP contribution in [0.5, 0.6) is 5.75 Å². The lowest BCUT2D eigenvalue weighted by atomic mass is 10.2. The van der Waals surface area contributed by atoms with Crippen molar-refractivity contribution >= 4 is 5.91 Å². The van der Waals surface area contributed by atoms with Gasteiger partial charge in [0, 0.05) is 13.1 Å². The van der Waals surface area contributed by atoms with E-state index in [4.69, 9.17) is 10.5 Å². The van der Waals surface area contributed by atoms with Crippen molar-refractivity contribution in [1.29, 1.82) is 0 Å². The summed E-state index contributed by atoms with van der Waals surface area (Å²) in [6.07, 6.45) is 0. The normalized spacial score (nSPS) is 10.5. The second-order valence-corrected chi connectivity index (χ2v) is 3.64. The monoisotopic (exact) mass is 274 g/mol. The number of amides is 1. The molecule has 0 aliphatic carbocycles. The molecule has 0 bridgehead atoms. The first-order valence-electron chi connectivity index (χ1n) is 5.70. The maximum atomic E-state index is 11.9. The zero-order valence-corrected chi connectivity index (χ0v) is 10.3. The molecule has 3 N–H and O–H groups in total. The van der Waals surface area contributed by atoms with Crippen molar-refractivity contribution in [3.63, 3.8) is 0 Å². The topological polar surface area (TPSA) is 73.6 Å². The number of hydrogen-bond acceptors (Lipinski definition) is 4. The highest BCUT2D eigenvalue weighted by atomic mass is 19.3. The van der Waals surface area contributed by atoms with E-state index in [1.807, 2.05) is 0 Å². The third-order valence-electron chi connectivity index (χ3n) is 2.13. The molecule has 0 radical (unpaired) electrons. The van der Waals surface area contributed by atoms with E-state index in [-0.39, 0.29) is 18.3 Å². The second kappa shape index (κ2) is 8.39. The summed E-state index contributed by atoms with van der Waals surface area (Å²) >= 11 is 0. The van der Waals surface area contributed by atoms with Crippen LogP contribution in [0.1, 0.15) is 5.56 Å². The Balaban J connectivity index is 2.31. The molecule has 0 atom stereocenters. The molecule has 0 aliphatic heterocycles. The van der Waals surface area contributed by atoms with Crippen molar-refractivity contribution < 1.29 is 23.0 Å². The molecule has 1 aromatic rings. The molecule has 19 heavy (non-hydrogen) atoms. The van der Waals surface area contributed by atoms with Crippen molar-refractivity contribution in [1.82, 2.24) is 5.32 Å². The van der Waals surface area contributed by atoms with Gasteiger partial charge in [0.25, 0.3) is 0 Å². The number of hydrogen-bond donors (Lipinski definition) is 2. The number of rotatable bonds is 8. The summed E-state index contributed by atoms with van der Waals surface area (Å²) in [6.45, 7) is -1.92. The number of nitrogens with two attached hydrogens (primary N) is 1. The number of ether oxygens (including phenoxy) is 2. The van der Waals surface area contributed by atoms with E-state index < -0.39 is 6.61 Å². The molecule has 0 aromatic heterocycles. The molecule has 0 heterocycles. The van der Waals surface area contributed by atoms with Gasteiger partial charge >= 0.3 is 6.61 Å². The maximum Gasteiger partial charge on any atom is 0.387 e. The minimum Gasteiger partial charge on any atom is -0.435 e. The van der Waals surface area contributed by atoms with Gasteiger partial charge in [-0.25, -0.2) is 0 Å². The molecule has 0 saturated heterocycles. The average Bonchev–Trinajstić information content (AvgIpc) is 2.37. The third-order valence-corrected chi connectivity index (χ3v) is 2.13. The quantitative estimate of drug-likeness (QED) is 0.690. The molecule has 1 aromatic carbocycles. The minimum atomic E-state index is -2.84. The minimum absolute atomic E-state index is 0.0518. The fourth-order valence-corrected chi connectivity index (χ4v) is 1.29. The van der Waals surface area contributed by atoms with Crippen LogP contribution in [-0.4, -0.2) is 32.3 Å². The van der Waals surface area contributed by atoms with E-state index in [1.54, 1.807) is 12.1 Å². The molecule has 1 rings (SSSR count). The summed E-state index contributed by atoms with van der Waals surface area (Å²) < 4.78 is 33.0. The summed E-state index contributed by atoms with van der Waals surface area (Å²) in [4.78, 5) is 11.3. The molecule has 0 fully saturated rings. The maximum absolute atomic E-state index is 11.9. The molecular weight excluding hydrogens is 258 g/mol. The smallest absolute Gasteiger partial charge is 0.387 e. The van der Waals surface area contributed by atoms with Crippen LogP contribution < -0.4 is 15.8 Å². The molecule has 7 heteroatoms. The highest BCUT2D eigenvalue weighted by Gasteiger charge is 2.04. The molecule has 0 spiro atoms. The van der Waals surface area contributed by atoms with Crippen molar-refractivity contribution in [3.8, 4) is 5.75 Å². The summed E-state index contributed by atoms with van der Waals surface area (Å²) in [5.74, 6) is -0.183. The lowest BCUT2D eigenvalue weighted by molar-refractivity contribution is -0.125. The Kier molecular flexibility index (Phi) is 6.76. The first kappa shape index (κ1) is 15.3. The zero-order chi connectivity index (χ0) is 14.1. The van der Waals surface area contributed by atoms with Crippen LogP contribution >= 0.6 is 0 Å². The van der Waals surface area contributed by atoms with Gasteiger partial charge in [-0.05, 0) is 17.7 Å². The number of nitrogens with one attached hydrogen (secondary N) is 1. The summed E-state index contributed by atoms with van der Waals surface area (Å²) in [7, 11) is 0. The van der Waals surface area contributed by atoms with Crippen LogP contribution in [0.2, 0.25) is 0 Å². The van der Waals surface area contributed by atoms with Crippen LogP contribution in [0.15, 0.2) is 24.3 Å². The molecule has 0 aliphatic rings. The van der Waals surface area contributed by atoms with Gasteiger partial charge in [-0.3, -0.25) is 4.79 Å². The Labute approximate surface area is 109 Å². The van der Waals surface area contributed by atoms with Crippen LogP contribution in [0, 0.1) is 0 Å². The lowest BCUT2D eigenvalue weighted by Crippen LogP contribution is -2.28. The van der Waals surface area contributed by atoms with Crippen molar-refractivity contribution in [3.05, 3.63) is 29.8 Å².